The Morgan fingerprint density at radius 3 is 2.29 bits per heavy atom. The zero-order chi connectivity index (χ0) is 13.6. The molecule has 0 aromatic heterocycles. The number of hydrogen-bond acceptors (Lipinski definition) is 4. The third-order valence-electron chi connectivity index (χ3n) is 1.83. The van der Waals surface area contributed by atoms with E-state index in [1.54, 1.807) is 0 Å². The average Bonchev–Trinajstić information content (AvgIpc) is 2.20. The fraction of sp³-hybridized carbons (Fsp3) is 0.625. The number of carbonyl (C=O) groups excluding carboxylic acids is 2. The highest BCUT2D eigenvalue weighted by atomic mass is 19.4. The molecule has 0 radical (unpaired) electrons. The minimum atomic E-state index is -5.19. The lowest BCUT2D eigenvalue weighted by atomic mass is 10.0. The van der Waals surface area contributed by atoms with Gasteiger partial charge >= 0.3 is 12.0 Å². The summed E-state index contributed by atoms with van der Waals surface area (Å²) in [4.78, 5) is 21.5. The SMILES string of the molecule is N=C(N)NCCC[C@H](N)C(=O)C(=O)C(F)(F)F. The molecule has 0 aliphatic heterocycles. The van der Waals surface area contributed by atoms with Crippen molar-refractivity contribution in [2.75, 3.05) is 6.54 Å². The number of rotatable bonds is 6. The van der Waals surface area contributed by atoms with E-state index in [4.69, 9.17) is 16.9 Å². The van der Waals surface area contributed by atoms with Gasteiger partial charge in [-0.25, -0.2) is 0 Å². The normalized spacial score (nSPS) is 12.9. The molecular formula is C8H13F3N4O2. The number of guanidine groups is 1. The van der Waals surface area contributed by atoms with E-state index < -0.39 is 23.8 Å². The van der Waals surface area contributed by atoms with E-state index >= 15 is 0 Å². The quantitative estimate of drug-likeness (QED) is 0.215. The molecule has 6 N–H and O–H groups in total. The zero-order valence-corrected chi connectivity index (χ0v) is 8.80. The van der Waals surface area contributed by atoms with Gasteiger partial charge in [-0.15, -0.1) is 0 Å². The lowest BCUT2D eigenvalue weighted by Crippen LogP contribution is -2.43. The maximum atomic E-state index is 11.9. The minimum absolute atomic E-state index is 0.0963. The van der Waals surface area contributed by atoms with Crippen LogP contribution in [0.15, 0.2) is 0 Å². The molecule has 0 unspecified atom stereocenters. The molecule has 0 heterocycles. The Morgan fingerprint density at radius 2 is 1.88 bits per heavy atom. The molecule has 0 saturated carbocycles. The molecule has 0 aliphatic rings. The van der Waals surface area contributed by atoms with Crippen molar-refractivity contribution in [1.29, 1.82) is 5.41 Å². The van der Waals surface area contributed by atoms with Gasteiger partial charge in [0.25, 0.3) is 0 Å². The predicted octanol–water partition coefficient (Wildman–Crippen LogP) is -0.723. The van der Waals surface area contributed by atoms with Crippen LogP contribution in [-0.2, 0) is 9.59 Å². The number of halogens is 3. The fourth-order valence-corrected chi connectivity index (χ4v) is 0.984. The molecule has 0 amide bonds. The van der Waals surface area contributed by atoms with E-state index in [9.17, 15) is 22.8 Å². The number of nitrogens with two attached hydrogens (primary N) is 2. The van der Waals surface area contributed by atoms with Crippen molar-refractivity contribution < 1.29 is 22.8 Å². The summed E-state index contributed by atoms with van der Waals surface area (Å²) in [5.74, 6) is -4.39. The van der Waals surface area contributed by atoms with Gasteiger partial charge in [0.15, 0.2) is 5.96 Å². The Kier molecular flexibility index (Phi) is 5.59. The molecule has 0 saturated heterocycles. The van der Waals surface area contributed by atoms with Crippen LogP contribution in [0.1, 0.15) is 12.8 Å². The number of ketones is 2. The van der Waals surface area contributed by atoms with Gasteiger partial charge in [-0.1, -0.05) is 0 Å². The molecule has 1 atom stereocenters. The molecule has 0 rings (SSSR count). The summed E-state index contributed by atoms with van der Waals surface area (Å²) in [6.07, 6.45) is -5.06. The van der Waals surface area contributed by atoms with Crippen molar-refractivity contribution in [3.63, 3.8) is 0 Å². The van der Waals surface area contributed by atoms with Crippen molar-refractivity contribution in [3.05, 3.63) is 0 Å². The third-order valence-corrected chi connectivity index (χ3v) is 1.83. The highest BCUT2D eigenvalue weighted by molar-refractivity contribution is 6.41. The van der Waals surface area contributed by atoms with E-state index in [0.29, 0.717) is 0 Å². The molecule has 98 valence electrons. The van der Waals surface area contributed by atoms with E-state index in [2.05, 4.69) is 5.32 Å². The molecule has 0 fully saturated rings. The molecule has 0 bridgehead atoms. The van der Waals surface area contributed by atoms with Crippen LogP contribution < -0.4 is 16.8 Å². The summed E-state index contributed by atoms with van der Waals surface area (Å²) in [5.41, 5.74) is 10.1. The Hall–Kier alpha value is -1.64. The number of Topliss-reactive ketones (excluding diaryl/α,β-unsaturated/α-hetero) is 2. The van der Waals surface area contributed by atoms with E-state index in [0.717, 1.165) is 0 Å². The summed E-state index contributed by atoms with van der Waals surface area (Å²) in [5, 5.41) is 9.17. The first kappa shape index (κ1) is 15.4. The Bertz CT molecular complexity index is 316. The molecule has 0 aromatic rings. The van der Waals surface area contributed by atoms with Gasteiger partial charge in [-0.2, -0.15) is 13.2 Å². The lowest BCUT2D eigenvalue weighted by molar-refractivity contribution is -0.174. The summed E-state index contributed by atoms with van der Waals surface area (Å²) < 4.78 is 35.6. The average molecular weight is 254 g/mol. The number of nitrogens with one attached hydrogen (secondary N) is 2. The number of alkyl halides is 3. The molecule has 0 aliphatic carbocycles. The van der Waals surface area contributed by atoms with E-state index in [1.165, 1.54) is 0 Å². The highest BCUT2D eigenvalue weighted by Crippen LogP contribution is 2.17. The summed E-state index contributed by atoms with van der Waals surface area (Å²) in [6.45, 7) is 0.191. The maximum absolute atomic E-state index is 11.9. The van der Waals surface area contributed by atoms with Crippen LogP contribution in [0.4, 0.5) is 13.2 Å². The van der Waals surface area contributed by atoms with E-state index in [1.807, 2.05) is 0 Å². The van der Waals surface area contributed by atoms with Gasteiger partial charge in [-0.05, 0) is 12.8 Å². The predicted molar refractivity (Wildman–Crippen MR) is 53.2 cm³/mol. The molecule has 9 heteroatoms. The van der Waals surface area contributed by atoms with Crippen molar-refractivity contribution in [2.45, 2.75) is 25.1 Å². The summed E-state index contributed by atoms with van der Waals surface area (Å²) in [7, 11) is 0. The van der Waals surface area contributed by atoms with Gasteiger partial charge < -0.3 is 16.8 Å². The second kappa shape index (κ2) is 6.18. The minimum Gasteiger partial charge on any atom is -0.370 e. The van der Waals surface area contributed by atoms with Crippen LogP contribution in [-0.4, -0.2) is 36.3 Å². The monoisotopic (exact) mass is 254 g/mol. The fourth-order valence-electron chi connectivity index (χ4n) is 0.984. The van der Waals surface area contributed by atoms with Gasteiger partial charge in [0, 0.05) is 6.54 Å². The van der Waals surface area contributed by atoms with Gasteiger partial charge in [-0.3, -0.25) is 15.0 Å². The van der Waals surface area contributed by atoms with Crippen molar-refractivity contribution in [2.24, 2.45) is 11.5 Å². The summed E-state index contributed by atoms with van der Waals surface area (Å²) >= 11 is 0. The Balaban J connectivity index is 4.07. The number of carbonyl (C=O) groups is 2. The molecular weight excluding hydrogens is 241 g/mol. The summed E-state index contributed by atoms with van der Waals surface area (Å²) in [6, 6.07) is -1.49. The van der Waals surface area contributed by atoms with Crippen LogP contribution in [0.25, 0.3) is 0 Å². The van der Waals surface area contributed by atoms with Crippen molar-refractivity contribution >= 4 is 17.5 Å². The van der Waals surface area contributed by atoms with Crippen LogP contribution >= 0.6 is 0 Å². The molecule has 6 nitrogen and oxygen atoms in total. The smallest absolute Gasteiger partial charge is 0.370 e. The lowest BCUT2D eigenvalue weighted by Gasteiger charge is -2.11. The van der Waals surface area contributed by atoms with Crippen molar-refractivity contribution in [1.82, 2.24) is 5.32 Å². The van der Waals surface area contributed by atoms with E-state index in [-0.39, 0.29) is 25.3 Å². The van der Waals surface area contributed by atoms with Crippen molar-refractivity contribution in [3.8, 4) is 0 Å². The van der Waals surface area contributed by atoms with Crippen LogP contribution in [0.3, 0.4) is 0 Å². The van der Waals surface area contributed by atoms with Gasteiger partial charge in [0.2, 0.25) is 5.78 Å². The van der Waals surface area contributed by atoms with Crippen LogP contribution in [0.2, 0.25) is 0 Å². The second-order valence-corrected chi connectivity index (χ2v) is 3.28. The second-order valence-electron chi connectivity index (χ2n) is 3.28. The molecule has 0 spiro atoms. The Morgan fingerprint density at radius 1 is 1.35 bits per heavy atom. The van der Waals surface area contributed by atoms with Crippen LogP contribution in [0.5, 0.6) is 0 Å². The highest BCUT2D eigenvalue weighted by Gasteiger charge is 2.44. The largest absolute Gasteiger partial charge is 0.458 e. The number of hydrogen-bond donors (Lipinski definition) is 4. The standard InChI is InChI=1S/C8H13F3N4O2/c9-8(10,11)6(17)5(16)4(12)2-1-3-15-7(13)14/h4H,1-3,12H2,(H4,13,14,15)/t4-/m0/s1. The molecule has 0 aromatic carbocycles. The molecule has 17 heavy (non-hydrogen) atoms. The van der Waals surface area contributed by atoms with Gasteiger partial charge in [0.05, 0.1) is 6.04 Å². The first-order valence-electron chi connectivity index (χ1n) is 4.65. The van der Waals surface area contributed by atoms with Gasteiger partial charge in [0.1, 0.15) is 0 Å². The van der Waals surface area contributed by atoms with Crippen LogP contribution in [0, 0.1) is 5.41 Å². The third kappa shape index (κ3) is 5.85. The zero-order valence-electron chi connectivity index (χ0n) is 8.80. The maximum Gasteiger partial charge on any atom is 0.458 e. The first-order valence-corrected chi connectivity index (χ1v) is 4.65. The first-order chi connectivity index (χ1) is 7.66. The topological polar surface area (TPSA) is 122 Å². The Labute approximate surface area is 95.0 Å².